The summed E-state index contributed by atoms with van der Waals surface area (Å²) in [7, 11) is 1.97. The molecule has 0 aromatic heterocycles. The molecule has 5 nitrogen and oxygen atoms in total. The van der Waals surface area contributed by atoms with Crippen LogP contribution >= 0.6 is 11.8 Å². The molecule has 1 saturated heterocycles. The van der Waals surface area contributed by atoms with Crippen LogP contribution in [0.5, 0.6) is 0 Å². The molecule has 0 radical (unpaired) electrons. The van der Waals surface area contributed by atoms with Crippen molar-refractivity contribution >= 4 is 16.9 Å². The zero-order valence-corrected chi connectivity index (χ0v) is 10.4. The van der Waals surface area contributed by atoms with Gasteiger partial charge in [-0.25, -0.2) is 0 Å². The number of nitrogens with zero attached hydrogens (tertiary/aromatic N) is 2. The third kappa shape index (κ3) is 2.20. The maximum Gasteiger partial charge on any atom is 0.162 e. The molecule has 92 valence electrons. The number of ether oxygens (including phenoxy) is 1. The molecule has 2 N–H and O–H groups in total. The van der Waals surface area contributed by atoms with Gasteiger partial charge < -0.3 is 19.8 Å². The van der Waals surface area contributed by atoms with Crippen molar-refractivity contribution in [1.29, 1.82) is 0 Å². The summed E-state index contributed by atoms with van der Waals surface area (Å²) in [5.41, 5.74) is -0.148. The first-order valence-corrected chi connectivity index (χ1v) is 6.43. The Kier molecular flexibility index (Phi) is 3.73. The molecule has 1 fully saturated rings. The summed E-state index contributed by atoms with van der Waals surface area (Å²) in [6.07, 6.45) is -0.304. The fourth-order valence-corrected chi connectivity index (χ4v) is 3.16. The highest BCUT2D eigenvalue weighted by molar-refractivity contribution is 8.14. The van der Waals surface area contributed by atoms with Crippen LogP contribution in [0.1, 0.15) is 13.3 Å². The van der Waals surface area contributed by atoms with Gasteiger partial charge in [0, 0.05) is 20.0 Å². The second kappa shape index (κ2) is 4.91. The molecule has 0 aliphatic carbocycles. The molecule has 4 unspecified atom stereocenters. The number of aliphatic hydroxyl groups is 2. The lowest BCUT2D eigenvalue weighted by Gasteiger charge is -2.33. The maximum absolute atomic E-state index is 9.92. The molecule has 2 heterocycles. The average molecular weight is 246 g/mol. The first-order valence-electron chi connectivity index (χ1n) is 5.55. The summed E-state index contributed by atoms with van der Waals surface area (Å²) in [5, 5.41) is 19.9. The van der Waals surface area contributed by atoms with E-state index in [0.717, 1.165) is 11.7 Å². The highest BCUT2D eigenvalue weighted by Crippen LogP contribution is 2.36. The lowest BCUT2D eigenvalue weighted by Crippen LogP contribution is -2.45. The van der Waals surface area contributed by atoms with Crippen LogP contribution in [0, 0.1) is 0 Å². The summed E-state index contributed by atoms with van der Waals surface area (Å²) >= 11 is 1.53. The molecule has 2 rings (SSSR count). The van der Waals surface area contributed by atoms with Gasteiger partial charge in [-0.1, -0.05) is 11.8 Å². The van der Waals surface area contributed by atoms with E-state index < -0.39 is 6.10 Å². The van der Waals surface area contributed by atoms with Gasteiger partial charge in [0.05, 0.1) is 18.8 Å². The monoisotopic (exact) mass is 246 g/mol. The molecule has 0 bridgehead atoms. The summed E-state index contributed by atoms with van der Waals surface area (Å²) < 4.78 is 5.67. The number of aliphatic hydroxyl groups excluding tert-OH is 2. The Bertz CT molecular complexity index is 287. The molecule has 0 aromatic rings. The molecule has 6 heteroatoms. The molecule has 0 amide bonds. The van der Waals surface area contributed by atoms with Crippen molar-refractivity contribution in [3.05, 3.63) is 0 Å². The zero-order valence-electron chi connectivity index (χ0n) is 9.54. The van der Waals surface area contributed by atoms with Crippen LogP contribution in [0.3, 0.4) is 0 Å². The molecule has 2 aliphatic rings. The summed E-state index contributed by atoms with van der Waals surface area (Å²) in [6, 6.07) is -0.184. The Morgan fingerprint density at radius 1 is 1.62 bits per heavy atom. The van der Waals surface area contributed by atoms with E-state index in [2.05, 4.69) is 11.9 Å². The Balaban J connectivity index is 2.05. The molecule has 0 spiro atoms. The summed E-state index contributed by atoms with van der Waals surface area (Å²) in [5.74, 6) is 0. The Labute approximate surface area is 99.5 Å². The Morgan fingerprint density at radius 2 is 2.38 bits per heavy atom. The highest BCUT2D eigenvalue weighted by atomic mass is 32.2. The number of rotatable bonds is 2. The predicted octanol–water partition coefficient (Wildman–Crippen LogP) is -0.122. The second-order valence-corrected chi connectivity index (χ2v) is 5.21. The highest BCUT2D eigenvalue weighted by Gasteiger charge is 2.43. The van der Waals surface area contributed by atoms with E-state index in [1.807, 2.05) is 11.9 Å². The van der Waals surface area contributed by atoms with E-state index in [4.69, 9.17) is 9.84 Å². The van der Waals surface area contributed by atoms with Gasteiger partial charge in [0.15, 0.2) is 5.17 Å². The first-order chi connectivity index (χ1) is 7.65. The molecule has 4 atom stereocenters. The number of hydrogen-bond acceptors (Lipinski definition) is 6. The summed E-state index contributed by atoms with van der Waals surface area (Å²) in [6.45, 7) is 2.89. The largest absolute Gasteiger partial charge is 0.394 e. The van der Waals surface area contributed by atoms with Crippen molar-refractivity contribution in [3.63, 3.8) is 0 Å². The third-order valence-corrected chi connectivity index (χ3v) is 4.24. The zero-order chi connectivity index (χ0) is 11.7. The minimum atomic E-state index is -0.508. The second-order valence-electron chi connectivity index (χ2n) is 4.15. The van der Waals surface area contributed by atoms with Gasteiger partial charge in [-0.05, 0) is 6.92 Å². The van der Waals surface area contributed by atoms with Crippen molar-refractivity contribution in [2.75, 3.05) is 20.2 Å². The van der Waals surface area contributed by atoms with Gasteiger partial charge in [-0.2, -0.15) is 0 Å². The van der Waals surface area contributed by atoms with Gasteiger partial charge in [-0.3, -0.25) is 4.99 Å². The number of hydrogen-bond donors (Lipinski definition) is 2. The van der Waals surface area contributed by atoms with Gasteiger partial charge in [0.1, 0.15) is 11.5 Å². The van der Waals surface area contributed by atoms with Crippen molar-refractivity contribution in [1.82, 2.24) is 4.90 Å². The third-order valence-electron chi connectivity index (χ3n) is 2.99. The van der Waals surface area contributed by atoms with Crippen LogP contribution in [0.25, 0.3) is 0 Å². The minimum absolute atomic E-state index is 0.0419. The van der Waals surface area contributed by atoms with Gasteiger partial charge in [0.2, 0.25) is 0 Å². The Hall–Kier alpha value is -0.300. The van der Waals surface area contributed by atoms with Crippen LogP contribution in [0.4, 0.5) is 0 Å². The number of thioether (sulfide) groups is 1. The van der Waals surface area contributed by atoms with Crippen LogP contribution in [0.15, 0.2) is 4.99 Å². The fourth-order valence-electron chi connectivity index (χ4n) is 1.86. The van der Waals surface area contributed by atoms with Crippen LogP contribution in [-0.4, -0.2) is 64.2 Å². The molecule has 16 heavy (non-hydrogen) atoms. The summed E-state index contributed by atoms with van der Waals surface area (Å²) in [4.78, 5) is 6.51. The lowest BCUT2D eigenvalue weighted by molar-refractivity contribution is -0.0875. The average Bonchev–Trinajstić information content (AvgIpc) is 2.72. The van der Waals surface area contributed by atoms with Crippen LogP contribution in [-0.2, 0) is 4.74 Å². The van der Waals surface area contributed by atoms with Gasteiger partial charge in [0.25, 0.3) is 0 Å². The van der Waals surface area contributed by atoms with E-state index in [1.165, 1.54) is 11.8 Å². The molecule has 0 aromatic carbocycles. The van der Waals surface area contributed by atoms with E-state index in [9.17, 15) is 5.11 Å². The van der Waals surface area contributed by atoms with Gasteiger partial charge >= 0.3 is 0 Å². The molecular formula is C10H18N2O3S. The lowest BCUT2D eigenvalue weighted by atomic mass is 10.0. The van der Waals surface area contributed by atoms with Crippen molar-refractivity contribution in [2.24, 2.45) is 4.99 Å². The SMILES string of the molecule is CCN(C)C1=NC2C(O)CC(CO)OC2S1. The van der Waals surface area contributed by atoms with E-state index >= 15 is 0 Å². The quantitative estimate of drug-likeness (QED) is 0.711. The number of amidine groups is 1. The number of fused-ring (bicyclic) bond motifs is 1. The Morgan fingerprint density at radius 3 is 3.00 bits per heavy atom. The van der Waals surface area contributed by atoms with Crippen molar-refractivity contribution < 1.29 is 14.9 Å². The smallest absolute Gasteiger partial charge is 0.162 e. The molecular weight excluding hydrogens is 228 g/mol. The van der Waals surface area contributed by atoms with E-state index in [1.54, 1.807) is 0 Å². The maximum atomic E-state index is 9.92. The van der Waals surface area contributed by atoms with Crippen molar-refractivity contribution in [3.8, 4) is 0 Å². The van der Waals surface area contributed by atoms with Crippen LogP contribution in [0.2, 0.25) is 0 Å². The van der Waals surface area contributed by atoms with E-state index in [-0.39, 0.29) is 24.2 Å². The van der Waals surface area contributed by atoms with Gasteiger partial charge in [-0.15, -0.1) is 0 Å². The standard InChI is InChI=1S/C10H18N2O3S/c1-3-12(2)10-11-8-7(14)4-6(5-13)15-9(8)16-10/h6-9,13-14H,3-5H2,1-2H3. The molecule has 2 aliphatic heterocycles. The normalized spacial score (nSPS) is 38.1. The topological polar surface area (TPSA) is 65.3 Å². The fraction of sp³-hybridized carbons (Fsp3) is 0.900. The van der Waals surface area contributed by atoms with Crippen LogP contribution < -0.4 is 0 Å². The van der Waals surface area contributed by atoms with Crippen molar-refractivity contribution in [2.45, 2.75) is 37.0 Å². The minimum Gasteiger partial charge on any atom is -0.394 e. The molecule has 0 saturated carbocycles. The van der Waals surface area contributed by atoms with E-state index in [0.29, 0.717) is 6.42 Å². The predicted molar refractivity (Wildman–Crippen MR) is 63.5 cm³/mol. The first kappa shape index (κ1) is 12.2. The number of aliphatic imine (C=N–C) groups is 1.